The molecule has 1 fully saturated rings. The van der Waals surface area contributed by atoms with Crippen LogP contribution in [0.4, 0.5) is 0 Å². The number of hydrogen-bond donors (Lipinski definition) is 2. The summed E-state index contributed by atoms with van der Waals surface area (Å²) in [5, 5.41) is 9.99. The molecule has 25 heavy (non-hydrogen) atoms. The highest BCUT2D eigenvalue weighted by atomic mass is 16.5. The Morgan fingerprint density at radius 2 is 2.20 bits per heavy atom. The van der Waals surface area contributed by atoms with Crippen molar-refractivity contribution in [2.75, 3.05) is 39.4 Å². The SMILES string of the molecule is Cc1nc(-c2cccc(C(=O)NCC(C)CN3CCOCC3)c2)n[nH]1. The predicted octanol–water partition coefficient (Wildman–Crippen LogP) is 1.48. The zero-order valence-electron chi connectivity index (χ0n) is 14.8. The summed E-state index contributed by atoms with van der Waals surface area (Å²) in [6.45, 7) is 9.16. The van der Waals surface area contributed by atoms with Gasteiger partial charge in [-0.25, -0.2) is 4.98 Å². The molecule has 2 N–H and O–H groups in total. The van der Waals surface area contributed by atoms with Crippen LogP contribution in [0.5, 0.6) is 0 Å². The number of carbonyl (C=O) groups excluding carboxylic acids is 1. The number of hydrogen-bond acceptors (Lipinski definition) is 5. The van der Waals surface area contributed by atoms with E-state index in [2.05, 4.69) is 32.3 Å². The van der Waals surface area contributed by atoms with Gasteiger partial charge < -0.3 is 10.1 Å². The maximum Gasteiger partial charge on any atom is 0.251 e. The number of rotatable bonds is 6. The second-order valence-electron chi connectivity index (χ2n) is 6.55. The fourth-order valence-corrected chi connectivity index (χ4v) is 2.93. The fraction of sp³-hybridized carbons (Fsp3) is 0.500. The molecule has 0 radical (unpaired) electrons. The first kappa shape index (κ1) is 17.6. The van der Waals surface area contributed by atoms with E-state index in [1.54, 1.807) is 0 Å². The second-order valence-corrected chi connectivity index (χ2v) is 6.55. The molecule has 1 atom stereocenters. The summed E-state index contributed by atoms with van der Waals surface area (Å²) in [6, 6.07) is 7.39. The summed E-state index contributed by atoms with van der Waals surface area (Å²) in [6.07, 6.45) is 0. The van der Waals surface area contributed by atoms with E-state index in [1.165, 1.54) is 0 Å². The van der Waals surface area contributed by atoms with Crippen LogP contribution in [0.2, 0.25) is 0 Å². The number of carbonyl (C=O) groups is 1. The molecule has 1 aromatic heterocycles. The highest BCUT2D eigenvalue weighted by Crippen LogP contribution is 2.16. The normalized spacial score (nSPS) is 16.6. The zero-order valence-corrected chi connectivity index (χ0v) is 14.8. The Balaban J connectivity index is 1.54. The zero-order chi connectivity index (χ0) is 17.6. The van der Waals surface area contributed by atoms with Crippen LogP contribution in [0.15, 0.2) is 24.3 Å². The largest absolute Gasteiger partial charge is 0.379 e. The number of H-pyrrole nitrogens is 1. The van der Waals surface area contributed by atoms with Gasteiger partial charge in [0, 0.05) is 37.3 Å². The Morgan fingerprint density at radius 3 is 2.92 bits per heavy atom. The van der Waals surface area contributed by atoms with Crippen LogP contribution in [0.25, 0.3) is 11.4 Å². The van der Waals surface area contributed by atoms with Gasteiger partial charge in [-0.3, -0.25) is 14.8 Å². The van der Waals surface area contributed by atoms with Gasteiger partial charge in [0.05, 0.1) is 13.2 Å². The first-order chi connectivity index (χ1) is 12.1. The standard InChI is InChI=1S/C18H25N5O2/c1-13(12-23-6-8-25-9-7-23)11-19-18(24)16-5-3-4-15(10-16)17-20-14(2)21-22-17/h3-5,10,13H,6-9,11-12H2,1-2H3,(H,19,24)(H,20,21,22). The van der Waals surface area contributed by atoms with Gasteiger partial charge in [-0.2, -0.15) is 5.10 Å². The van der Waals surface area contributed by atoms with E-state index < -0.39 is 0 Å². The Hall–Kier alpha value is -2.25. The molecule has 134 valence electrons. The molecule has 0 spiro atoms. The van der Waals surface area contributed by atoms with Crippen molar-refractivity contribution < 1.29 is 9.53 Å². The molecule has 3 rings (SSSR count). The molecular weight excluding hydrogens is 318 g/mol. The van der Waals surface area contributed by atoms with Crippen LogP contribution in [-0.4, -0.2) is 65.4 Å². The third kappa shape index (κ3) is 4.87. The van der Waals surface area contributed by atoms with Gasteiger partial charge in [0.2, 0.25) is 0 Å². The monoisotopic (exact) mass is 343 g/mol. The third-order valence-electron chi connectivity index (χ3n) is 4.26. The summed E-state index contributed by atoms with van der Waals surface area (Å²) in [5.74, 6) is 1.68. The fourth-order valence-electron chi connectivity index (χ4n) is 2.93. The van der Waals surface area contributed by atoms with Crippen LogP contribution >= 0.6 is 0 Å². The molecule has 1 aliphatic rings. The molecule has 0 saturated carbocycles. The van der Waals surface area contributed by atoms with Crippen molar-refractivity contribution in [2.24, 2.45) is 5.92 Å². The molecule has 2 heterocycles. The molecule has 7 nitrogen and oxygen atoms in total. The molecule has 1 unspecified atom stereocenters. The quantitative estimate of drug-likeness (QED) is 0.830. The highest BCUT2D eigenvalue weighted by molar-refractivity contribution is 5.95. The van der Waals surface area contributed by atoms with E-state index in [4.69, 9.17) is 4.74 Å². The lowest BCUT2D eigenvalue weighted by molar-refractivity contribution is 0.0317. The lowest BCUT2D eigenvalue weighted by Gasteiger charge is -2.29. The topological polar surface area (TPSA) is 83.1 Å². The van der Waals surface area contributed by atoms with Gasteiger partial charge in [0.15, 0.2) is 5.82 Å². The molecule has 1 aromatic carbocycles. The van der Waals surface area contributed by atoms with Crippen molar-refractivity contribution in [2.45, 2.75) is 13.8 Å². The van der Waals surface area contributed by atoms with Gasteiger partial charge in [-0.1, -0.05) is 19.1 Å². The van der Waals surface area contributed by atoms with Crippen LogP contribution < -0.4 is 5.32 Å². The first-order valence-corrected chi connectivity index (χ1v) is 8.69. The number of nitrogens with zero attached hydrogens (tertiary/aromatic N) is 3. The third-order valence-corrected chi connectivity index (χ3v) is 4.26. The van der Waals surface area contributed by atoms with Crippen LogP contribution in [-0.2, 0) is 4.74 Å². The smallest absolute Gasteiger partial charge is 0.251 e. The Morgan fingerprint density at radius 1 is 1.40 bits per heavy atom. The Labute approximate surface area is 147 Å². The van der Waals surface area contributed by atoms with Gasteiger partial charge >= 0.3 is 0 Å². The van der Waals surface area contributed by atoms with E-state index in [-0.39, 0.29) is 5.91 Å². The van der Waals surface area contributed by atoms with Crippen LogP contribution in [0.1, 0.15) is 23.1 Å². The molecule has 1 amide bonds. The van der Waals surface area contributed by atoms with Crippen LogP contribution in [0, 0.1) is 12.8 Å². The highest BCUT2D eigenvalue weighted by Gasteiger charge is 2.15. The molecule has 7 heteroatoms. The number of aryl methyl sites for hydroxylation is 1. The van der Waals surface area contributed by atoms with Crippen molar-refractivity contribution in [1.29, 1.82) is 0 Å². The maximum atomic E-state index is 12.4. The minimum Gasteiger partial charge on any atom is -0.379 e. The molecule has 0 aliphatic carbocycles. The van der Waals surface area contributed by atoms with Crippen molar-refractivity contribution in [3.05, 3.63) is 35.7 Å². The number of morpholine rings is 1. The number of aromatic nitrogens is 3. The number of ether oxygens (including phenoxy) is 1. The molecule has 1 saturated heterocycles. The van der Waals surface area contributed by atoms with Gasteiger partial charge in [0.25, 0.3) is 5.91 Å². The number of amides is 1. The minimum atomic E-state index is -0.0667. The van der Waals surface area contributed by atoms with E-state index in [0.29, 0.717) is 23.9 Å². The summed E-state index contributed by atoms with van der Waals surface area (Å²) < 4.78 is 5.36. The van der Waals surface area contributed by atoms with Crippen molar-refractivity contribution in [3.63, 3.8) is 0 Å². The lowest BCUT2D eigenvalue weighted by atomic mass is 10.1. The average Bonchev–Trinajstić information content (AvgIpc) is 3.07. The minimum absolute atomic E-state index is 0.0667. The second kappa shape index (κ2) is 8.22. The van der Waals surface area contributed by atoms with Crippen molar-refractivity contribution >= 4 is 5.91 Å². The Bertz CT molecular complexity index is 709. The number of nitrogens with one attached hydrogen (secondary N) is 2. The van der Waals surface area contributed by atoms with Gasteiger partial charge in [0.1, 0.15) is 5.82 Å². The molecule has 0 bridgehead atoms. The summed E-state index contributed by atoms with van der Waals surface area (Å²) in [4.78, 5) is 19.1. The predicted molar refractivity (Wildman–Crippen MR) is 95.3 cm³/mol. The lowest BCUT2D eigenvalue weighted by Crippen LogP contribution is -2.41. The molecule has 2 aromatic rings. The first-order valence-electron chi connectivity index (χ1n) is 8.69. The Kier molecular flexibility index (Phi) is 5.78. The molecule has 1 aliphatic heterocycles. The average molecular weight is 343 g/mol. The van der Waals surface area contributed by atoms with Gasteiger partial charge in [-0.05, 0) is 25.0 Å². The summed E-state index contributed by atoms with van der Waals surface area (Å²) in [7, 11) is 0. The number of benzene rings is 1. The van der Waals surface area contributed by atoms with Gasteiger partial charge in [-0.15, -0.1) is 0 Å². The van der Waals surface area contributed by atoms with Crippen molar-refractivity contribution in [1.82, 2.24) is 25.4 Å². The van der Waals surface area contributed by atoms with E-state index in [9.17, 15) is 4.79 Å². The summed E-state index contributed by atoms with van der Waals surface area (Å²) in [5.41, 5.74) is 1.46. The van der Waals surface area contributed by atoms with E-state index in [0.717, 1.165) is 44.2 Å². The maximum absolute atomic E-state index is 12.4. The van der Waals surface area contributed by atoms with E-state index in [1.807, 2.05) is 31.2 Å². The molecular formula is C18H25N5O2. The number of aromatic amines is 1. The van der Waals surface area contributed by atoms with Crippen molar-refractivity contribution in [3.8, 4) is 11.4 Å². The summed E-state index contributed by atoms with van der Waals surface area (Å²) >= 11 is 0. The van der Waals surface area contributed by atoms with Crippen LogP contribution in [0.3, 0.4) is 0 Å². The van der Waals surface area contributed by atoms with E-state index >= 15 is 0 Å².